The van der Waals surface area contributed by atoms with Gasteiger partial charge in [0.05, 0.1) is 19.5 Å². The number of carbonyl (C=O) groups excluding carboxylic acids is 1. The molecule has 1 rings (SSSR count). The fourth-order valence-electron chi connectivity index (χ4n) is 1.03. The number of esters is 1. The van der Waals surface area contributed by atoms with E-state index in [4.69, 9.17) is 5.73 Å². The number of ether oxygens (including phenoxy) is 1. The molecule has 0 bridgehead atoms. The lowest BCUT2D eigenvalue weighted by molar-refractivity contribution is 0.0593. The van der Waals surface area contributed by atoms with Crippen molar-refractivity contribution >= 4 is 11.8 Å². The van der Waals surface area contributed by atoms with Crippen LogP contribution in [0.3, 0.4) is 0 Å². The lowest BCUT2D eigenvalue weighted by Crippen LogP contribution is -2.28. The molecule has 0 saturated carbocycles. The number of rotatable bonds is 5. The lowest BCUT2D eigenvalue weighted by atomic mass is 10.2. The van der Waals surface area contributed by atoms with Gasteiger partial charge < -0.3 is 15.8 Å². The molecule has 6 nitrogen and oxygen atoms in total. The van der Waals surface area contributed by atoms with Gasteiger partial charge in [0.2, 0.25) is 0 Å². The third-order valence-corrected chi connectivity index (χ3v) is 2.10. The summed E-state index contributed by atoms with van der Waals surface area (Å²) in [5, 5.41) is 3.01. The summed E-state index contributed by atoms with van der Waals surface area (Å²) in [5.74, 6) is 0.0164. The zero-order chi connectivity index (χ0) is 12.0. The summed E-state index contributed by atoms with van der Waals surface area (Å²) >= 11 is 0. The molecule has 16 heavy (non-hydrogen) atoms. The normalized spacial score (nSPS) is 11.9. The van der Waals surface area contributed by atoms with Crippen molar-refractivity contribution in [2.24, 2.45) is 5.73 Å². The molecule has 1 aromatic rings. The van der Waals surface area contributed by atoms with E-state index < -0.39 is 5.97 Å². The van der Waals surface area contributed by atoms with Gasteiger partial charge in [-0.05, 0) is 6.42 Å². The molecule has 1 heterocycles. The lowest BCUT2D eigenvalue weighted by Gasteiger charge is -2.10. The highest BCUT2D eigenvalue weighted by molar-refractivity contribution is 5.87. The van der Waals surface area contributed by atoms with Gasteiger partial charge in [0.1, 0.15) is 5.82 Å². The molecule has 0 fully saturated rings. The average Bonchev–Trinajstić information content (AvgIpc) is 2.35. The Labute approximate surface area is 94.2 Å². The second-order valence-corrected chi connectivity index (χ2v) is 3.33. The van der Waals surface area contributed by atoms with Crippen molar-refractivity contribution in [2.45, 2.75) is 19.4 Å². The number of aromatic nitrogens is 2. The molecular weight excluding hydrogens is 208 g/mol. The summed E-state index contributed by atoms with van der Waals surface area (Å²) in [5.41, 5.74) is 5.92. The molecule has 0 aliphatic carbocycles. The molecule has 0 saturated heterocycles. The van der Waals surface area contributed by atoms with Crippen molar-refractivity contribution in [3.8, 4) is 0 Å². The third-order valence-electron chi connectivity index (χ3n) is 2.10. The molecule has 88 valence electrons. The number of anilines is 1. The minimum absolute atomic E-state index is 0.0589. The monoisotopic (exact) mass is 224 g/mol. The van der Waals surface area contributed by atoms with Crippen LogP contribution in [0.1, 0.15) is 23.8 Å². The summed E-state index contributed by atoms with van der Waals surface area (Å²) in [6, 6.07) is 0.0589. The van der Waals surface area contributed by atoms with Gasteiger partial charge in [0, 0.05) is 12.6 Å². The van der Waals surface area contributed by atoms with Gasteiger partial charge in [0.15, 0.2) is 5.69 Å². The molecule has 1 unspecified atom stereocenters. The van der Waals surface area contributed by atoms with E-state index in [0.717, 1.165) is 6.42 Å². The van der Waals surface area contributed by atoms with Crippen LogP contribution in [-0.4, -0.2) is 35.6 Å². The molecule has 0 spiro atoms. The Morgan fingerprint density at radius 2 is 2.38 bits per heavy atom. The number of carbonyl (C=O) groups is 1. The summed E-state index contributed by atoms with van der Waals surface area (Å²) in [6.07, 6.45) is 3.77. The Kier molecular flexibility index (Phi) is 4.65. The highest BCUT2D eigenvalue weighted by Gasteiger charge is 2.08. The number of hydrogen-bond acceptors (Lipinski definition) is 6. The van der Waals surface area contributed by atoms with Gasteiger partial charge >= 0.3 is 5.97 Å². The van der Waals surface area contributed by atoms with Crippen LogP contribution in [0.15, 0.2) is 12.4 Å². The molecule has 0 aliphatic rings. The number of nitrogens with two attached hydrogens (primary N) is 1. The first kappa shape index (κ1) is 12.4. The van der Waals surface area contributed by atoms with Crippen molar-refractivity contribution < 1.29 is 9.53 Å². The van der Waals surface area contributed by atoms with Crippen LogP contribution in [0.4, 0.5) is 5.82 Å². The molecule has 6 heteroatoms. The van der Waals surface area contributed by atoms with Crippen LogP contribution in [-0.2, 0) is 4.74 Å². The largest absolute Gasteiger partial charge is 0.464 e. The van der Waals surface area contributed by atoms with Crippen molar-refractivity contribution in [3.63, 3.8) is 0 Å². The van der Waals surface area contributed by atoms with E-state index in [1.165, 1.54) is 19.5 Å². The third kappa shape index (κ3) is 3.47. The van der Waals surface area contributed by atoms with Crippen LogP contribution < -0.4 is 11.1 Å². The first-order valence-corrected chi connectivity index (χ1v) is 5.07. The molecule has 0 amide bonds. The van der Waals surface area contributed by atoms with Crippen LogP contribution >= 0.6 is 0 Å². The second kappa shape index (κ2) is 6.02. The van der Waals surface area contributed by atoms with Crippen LogP contribution in [0, 0.1) is 0 Å². The number of hydrogen-bond donors (Lipinski definition) is 2. The van der Waals surface area contributed by atoms with Crippen LogP contribution in [0.5, 0.6) is 0 Å². The smallest absolute Gasteiger partial charge is 0.358 e. The maximum atomic E-state index is 11.2. The van der Waals surface area contributed by atoms with Gasteiger partial charge in [-0.25, -0.2) is 9.78 Å². The topological polar surface area (TPSA) is 90.1 Å². The van der Waals surface area contributed by atoms with Gasteiger partial charge in [0.25, 0.3) is 0 Å². The van der Waals surface area contributed by atoms with Gasteiger partial charge in [-0.2, -0.15) is 0 Å². The minimum atomic E-state index is -0.504. The average molecular weight is 224 g/mol. The van der Waals surface area contributed by atoms with E-state index in [-0.39, 0.29) is 11.7 Å². The molecule has 1 aromatic heterocycles. The van der Waals surface area contributed by atoms with Gasteiger partial charge in [-0.15, -0.1) is 0 Å². The number of methoxy groups -OCH3 is 1. The van der Waals surface area contributed by atoms with Crippen molar-refractivity contribution in [1.82, 2.24) is 9.97 Å². The molecule has 0 aromatic carbocycles. The SMILES string of the molecule is CCC(N)CNc1cncc(C(=O)OC)n1. The summed E-state index contributed by atoms with van der Waals surface area (Å²) < 4.78 is 4.54. The van der Waals surface area contributed by atoms with Crippen molar-refractivity contribution in [3.05, 3.63) is 18.1 Å². The highest BCUT2D eigenvalue weighted by atomic mass is 16.5. The van der Waals surface area contributed by atoms with E-state index in [9.17, 15) is 4.79 Å². The Morgan fingerprint density at radius 1 is 1.62 bits per heavy atom. The van der Waals surface area contributed by atoms with E-state index in [1.54, 1.807) is 0 Å². The number of nitrogens with one attached hydrogen (secondary N) is 1. The first-order valence-electron chi connectivity index (χ1n) is 5.07. The van der Waals surface area contributed by atoms with Crippen molar-refractivity contribution in [2.75, 3.05) is 19.0 Å². The summed E-state index contributed by atoms with van der Waals surface area (Å²) in [6.45, 7) is 2.60. The van der Waals surface area contributed by atoms with Crippen LogP contribution in [0.25, 0.3) is 0 Å². The van der Waals surface area contributed by atoms with E-state index >= 15 is 0 Å². The van der Waals surface area contributed by atoms with E-state index in [1.807, 2.05) is 6.92 Å². The fourth-order valence-corrected chi connectivity index (χ4v) is 1.03. The molecule has 0 radical (unpaired) electrons. The predicted octanol–water partition coefficient (Wildman–Crippen LogP) is 0.412. The molecule has 3 N–H and O–H groups in total. The Balaban J connectivity index is 2.64. The van der Waals surface area contributed by atoms with Gasteiger partial charge in [-0.3, -0.25) is 4.98 Å². The number of nitrogens with zero attached hydrogens (tertiary/aromatic N) is 2. The molecule has 0 aliphatic heterocycles. The molecule has 1 atom stereocenters. The first-order chi connectivity index (χ1) is 7.67. The maximum Gasteiger partial charge on any atom is 0.358 e. The minimum Gasteiger partial charge on any atom is -0.464 e. The Bertz CT molecular complexity index is 356. The Hall–Kier alpha value is -1.69. The fraction of sp³-hybridized carbons (Fsp3) is 0.500. The maximum absolute atomic E-state index is 11.2. The summed E-state index contributed by atoms with van der Waals surface area (Å²) in [7, 11) is 1.30. The zero-order valence-electron chi connectivity index (χ0n) is 9.43. The zero-order valence-corrected chi connectivity index (χ0v) is 9.43. The van der Waals surface area contributed by atoms with Gasteiger partial charge in [-0.1, -0.05) is 6.92 Å². The Morgan fingerprint density at radius 3 is 3.00 bits per heavy atom. The van der Waals surface area contributed by atoms with E-state index in [2.05, 4.69) is 20.0 Å². The summed E-state index contributed by atoms with van der Waals surface area (Å²) in [4.78, 5) is 19.1. The highest BCUT2D eigenvalue weighted by Crippen LogP contribution is 2.03. The van der Waals surface area contributed by atoms with E-state index in [0.29, 0.717) is 12.4 Å². The second-order valence-electron chi connectivity index (χ2n) is 3.33. The van der Waals surface area contributed by atoms with Crippen LogP contribution in [0.2, 0.25) is 0 Å². The quantitative estimate of drug-likeness (QED) is 0.704. The standard InChI is InChI=1S/C10H16N4O2/c1-3-7(11)4-13-9-6-12-5-8(14-9)10(15)16-2/h5-7H,3-4,11H2,1-2H3,(H,13,14). The molecular formula is C10H16N4O2. The van der Waals surface area contributed by atoms with Crippen molar-refractivity contribution in [1.29, 1.82) is 0 Å². The predicted molar refractivity (Wildman–Crippen MR) is 60.1 cm³/mol.